The highest BCUT2D eigenvalue weighted by molar-refractivity contribution is 6.34. The van der Waals surface area contributed by atoms with Gasteiger partial charge in [-0.25, -0.2) is 4.79 Å². The van der Waals surface area contributed by atoms with Crippen LogP contribution >= 0.6 is 11.6 Å². The van der Waals surface area contributed by atoms with Gasteiger partial charge in [0.2, 0.25) is 0 Å². The van der Waals surface area contributed by atoms with E-state index in [9.17, 15) is 9.59 Å². The predicted octanol–water partition coefficient (Wildman–Crippen LogP) is 2.23. The monoisotopic (exact) mass is 256 g/mol. The van der Waals surface area contributed by atoms with Gasteiger partial charge in [0, 0.05) is 6.42 Å². The molecule has 0 aliphatic carbocycles. The molecule has 0 saturated heterocycles. The van der Waals surface area contributed by atoms with Crippen LogP contribution in [-0.2, 0) is 20.7 Å². The molecule has 1 rings (SSSR count). The van der Waals surface area contributed by atoms with E-state index in [1.165, 1.54) is 14.2 Å². The lowest BCUT2D eigenvalue weighted by atomic mass is 10.1. The molecule has 0 bridgehead atoms. The lowest BCUT2D eigenvalue weighted by Crippen LogP contribution is -2.06. The van der Waals surface area contributed by atoms with E-state index in [0.29, 0.717) is 17.0 Å². The molecule has 0 radical (unpaired) electrons. The Morgan fingerprint density at radius 2 is 1.94 bits per heavy atom. The Kier molecular flexibility index (Phi) is 4.97. The van der Waals surface area contributed by atoms with Crippen LogP contribution < -0.4 is 0 Å². The van der Waals surface area contributed by atoms with Crippen molar-refractivity contribution in [3.8, 4) is 0 Å². The zero-order chi connectivity index (χ0) is 12.8. The van der Waals surface area contributed by atoms with Gasteiger partial charge in [-0.2, -0.15) is 0 Å². The van der Waals surface area contributed by atoms with Crippen LogP contribution in [0.2, 0.25) is 5.02 Å². The van der Waals surface area contributed by atoms with Crippen LogP contribution in [0.3, 0.4) is 0 Å². The molecule has 0 aliphatic heterocycles. The summed E-state index contributed by atoms with van der Waals surface area (Å²) >= 11 is 6.06. The van der Waals surface area contributed by atoms with Crippen molar-refractivity contribution < 1.29 is 19.1 Å². The summed E-state index contributed by atoms with van der Waals surface area (Å²) in [5.74, 6) is -0.806. The van der Waals surface area contributed by atoms with E-state index in [2.05, 4.69) is 9.47 Å². The third-order valence-electron chi connectivity index (χ3n) is 2.31. The third-order valence-corrected chi connectivity index (χ3v) is 2.76. The van der Waals surface area contributed by atoms with Crippen LogP contribution in [0.5, 0.6) is 0 Å². The molecule has 0 amide bonds. The lowest BCUT2D eigenvalue weighted by Gasteiger charge is -2.07. The molecule has 5 heteroatoms. The quantitative estimate of drug-likeness (QED) is 0.776. The molecule has 0 unspecified atom stereocenters. The highest BCUT2D eigenvalue weighted by Crippen LogP contribution is 2.23. The number of carbonyl (C=O) groups excluding carboxylic acids is 2. The first kappa shape index (κ1) is 13.5. The van der Waals surface area contributed by atoms with Crippen molar-refractivity contribution in [3.63, 3.8) is 0 Å². The van der Waals surface area contributed by atoms with E-state index in [1.54, 1.807) is 18.2 Å². The van der Waals surface area contributed by atoms with Crippen LogP contribution in [0.25, 0.3) is 0 Å². The van der Waals surface area contributed by atoms with Gasteiger partial charge in [-0.15, -0.1) is 0 Å². The third kappa shape index (κ3) is 3.46. The van der Waals surface area contributed by atoms with E-state index < -0.39 is 5.97 Å². The molecular weight excluding hydrogens is 244 g/mol. The van der Waals surface area contributed by atoms with Crippen LogP contribution in [0, 0.1) is 0 Å². The SMILES string of the molecule is COC(=O)CCc1cccc(C(=O)OC)c1Cl. The van der Waals surface area contributed by atoms with Gasteiger partial charge in [0.1, 0.15) is 0 Å². The summed E-state index contributed by atoms with van der Waals surface area (Å²) < 4.78 is 9.14. The maximum Gasteiger partial charge on any atom is 0.339 e. The molecule has 4 nitrogen and oxygen atoms in total. The number of rotatable bonds is 4. The highest BCUT2D eigenvalue weighted by Gasteiger charge is 2.14. The fraction of sp³-hybridized carbons (Fsp3) is 0.333. The number of esters is 2. The van der Waals surface area contributed by atoms with Crippen molar-refractivity contribution in [3.05, 3.63) is 34.3 Å². The van der Waals surface area contributed by atoms with Crippen LogP contribution in [-0.4, -0.2) is 26.2 Å². The Labute approximate surface area is 104 Å². The first-order valence-electron chi connectivity index (χ1n) is 5.02. The van der Waals surface area contributed by atoms with Crippen molar-refractivity contribution in [1.82, 2.24) is 0 Å². The Morgan fingerprint density at radius 1 is 1.24 bits per heavy atom. The number of methoxy groups -OCH3 is 2. The van der Waals surface area contributed by atoms with Gasteiger partial charge in [-0.05, 0) is 18.1 Å². The Morgan fingerprint density at radius 3 is 2.53 bits per heavy atom. The van der Waals surface area contributed by atoms with Crippen LogP contribution in [0.4, 0.5) is 0 Å². The molecule has 0 N–H and O–H groups in total. The average Bonchev–Trinajstić information content (AvgIpc) is 2.36. The maximum atomic E-state index is 11.4. The standard InChI is InChI=1S/C12H13ClO4/c1-16-10(14)7-6-8-4-3-5-9(11(8)13)12(15)17-2/h3-5H,6-7H2,1-2H3. The van der Waals surface area contributed by atoms with E-state index in [4.69, 9.17) is 11.6 Å². The van der Waals surface area contributed by atoms with Crippen LogP contribution in [0.15, 0.2) is 18.2 Å². The van der Waals surface area contributed by atoms with Gasteiger partial charge in [0.25, 0.3) is 0 Å². The summed E-state index contributed by atoms with van der Waals surface area (Å²) in [4.78, 5) is 22.4. The maximum absolute atomic E-state index is 11.4. The molecule has 92 valence electrons. The molecule has 0 aliphatic rings. The second kappa shape index (κ2) is 6.25. The van der Waals surface area contributed by atoms with E-state index in [1.807, 2.05) is 0 Å². The second-order valence-corrected chi connectivity index (χ2v) is 3.72. The van der Waals surface area contributed by atoms with Gasteiger partial charge in [0.05, 0.1) is 24.8 Å². The molecule has 0 spiro atoms. The van der Waals surface area contributed by atoms with Gasteiger partial charge in [0.15, 0.2) is 0 Å². The zero-order valence-corrected chi connectivity index (χ0v) is 10.4. The fourth-order valence-electron chi connectivity index (χ4n) is 1.38. The Balaban J connectivity index is 2.87. The fourth-order valence-corrected chi connectivity index (χ4v) is 1.68. The molecule has 17 heavy (non-hydrogen) atoms. The number of ether oxygens (including phenoxy) is 2. The summed E-state index contributed by atoms with van der Waals surface area (Å²) in [5.41, 5.74) is 1.02. The van der Waals surface area contributed by atoms with Crippen LogP contribution in [0.1, 0.15) is 22.3 Å². The first-order chi connectivity index (χ1) is 8.10. The summed E-state index contributed by atoms with van der Waals surface area (Å²) in [6.45, 7) is 0. The number of hydrogen-bond acceptors (Lipinski definition) is 4. The summed E-state index contributed by atoms with van der Waals surface area (Å²) in [7, 11) is 2.62. The van der Waals surface area contributed by atoms with Crippen molar-refractivity contribution in [1.29, 1.82) is 0 Å². The second-order valence-electron chi connectivity index (χ2n) is 3.35. The van der Waals surface area contributed by atoms with Crippen molar-refractivity contribution in [2.75, 3.05) is 14.2 Å². The zero-order valence-electron chi connectivity index (χ0n) is 9.66. The smallest absolute Gasteiger partial charge is 0.339 e. The molecule has 1 aromatic carbocycles. The van der Waals surface area contributed by atoms with Gasteiger partial charge in [-0.3, -0.25) is 4.79 Å². The largest absolute Gasteiger partial charge is 0.469 e. The van der Waals surface area contributed by atoms with E-state index in [-0.39, 0.29) is 12.4 Å². The minimum absolute atomic E-state index is 0.223. The molecule has 0 heterocycles. The minimum Gasteiger partial charge on any atom is -0.469 e. The van der Waals surface area contributed by atoms with E-state index in [0.717, 1.165) is 5.56 Å². The number of aryl methyl sites for hydroxylation is 1. The lowest BCUT2D eigenvalue weighted by molar-refractivity contribution is -0.140. The predicted molar refractivity (Wildman–Crippen MR) is 63.1 cm³/mol. The van der Waals surface area contributed by atoms with Crippen molar-refractivity contribution in [2.45, 2.75) is 12.8 Å². The molecule has 0 fully saturated rings. The summed E-state index contributed by atoms with van der Waals surface area (Å²) in [5, 5.41) is 0.322. The molecular formula is C12H13ClO4. The number of benzene rings is 1. The normalized spacial score (nSPS) is 9.82. The molecule has 0 saturated carbocycles. The molecule has 0 atom stereocenters. The van der Waals surface area contributed by atoms with E-state index >= 15 is 0 Å². The number of carbonyl (C=O) groups is 2. The van der Waals surface area contributed by atoms with Gasteiger partial charge >= 0.3 is 11.9 Å². The first-order valence-corrected chi connectivity index (χ1v) is 5.40. The number of hydrogen-bond donors (Lipinski definition) is 0. The summed E-state index contributed by atoms with van der Waals surface area (Å²) in [6, 6.07) is 5.04. The van der Waals surface area contributed by atoms with Gasteiger partial charge < -0.3 is 9.47 Å². The Bertz CT molecular complexity index is 429. The topological polar surface area (TPSA) is 52.6 Å². The minimum atomic E-state index is -0.491. The number of halogens is 1. The average molecular weight is 257 g/mol. The molecule has 1 aromatic rings. The molecule has 0 aromatic heterocycles. The summed E-state index contributed by atoms with van der Waals surface area (Å²) in [6.07, 6.45) is 0.650. The highest BCUT2D eigenvalue weighted by atomic mass is 35.5. The van der Waals surface area contributed by atoms with Gasteiger partial charge in [-0.1, -0.05) is 23.7 Å². The Hall–Kier alpha value is -1.55. The van der Waals surface area contributed by atoms with Crippen molar-refractivity contribution >= 4 is 23.5 Å². The van der Waals surface area contributed by atoms with Crippen molar-refractivity contribution in [2.24, 2.45) is 0 Å².